The van der Waals surface area contributed by atoms with Crippen molar-refractivity contribution in [3.63, 3.8) is 0 Å². The molecule has 0 saturated heterocycles. The standard InChI is InChI=1S/C19H29NO4/c1-3-23-18(21)16(13-8-5-6-9-13)17(19(22)24-4-2)15-11-7-10-14(15)12-20/h13-17H,3-11H2,1-2H3. The highest BCUT2D eigenvalue weighted by Gasteiger charge is 2.49. The average molecular weight is 335 g/mol. The van der Waals surface area contributed by atoms with Crippen LogP contribution in [0.5, 0.6) is 0 Å². The van der Waals surface area contributed by atoms with E-state index in [9.17, 15) is 14.9 Å². The third kappa shape index (κ3) is 4.09. The molecule has 5 heteroatoms. The third-order valence-electron chi connectivity index (χ3n) is 5.61. The van der Waals surface area contributed by atoms with E-state index < -0.39 is 11.8 Å². The van der Waals surface area contributed by atoms with E-state index in [2.05, 4.69) is 6.07 Å². The summed E-state index contributed by atoms with van der Waals surface area (Å²) in [6.07, 6.45) is 6.61. The Morgan fingerprint density at radius 3 is 2.08 bits per heavy atom. The van der Waals surface area contributed by atoms with E-state index in [4.69, 9.17) is 9.47 Å². The molecule has 2 fully saturated rings. The van der Waals surface area contributed by atoms with Crippen molar-refractivity contribution in [1.29, 1.82) is 5.26 Å². The van der Waals surface area contributed by atoms with E-state index in [1.807, 2.05) is 0 Å². The molecule has 24 heavy (non-hydrogen) atoms. The van der Waals surface area contributed by atoms with Gasteiger partial charge in [0.25, 0.3) is 0 Å². The SMILES string of the molecule is CCOC(=O)C(C1CCCC1)C(C(=O)OCC)C1CCCC1C#N. The van der Waals surface area contributed by atoms with Crippen LogP contribution >= 0.6 is 0 Å². The Bertz CT molecular complexity index is 478. The van der Waals surface area contributed by atoms with Gasteiger partial charge in [0.15, 0.2) is 0 Å². The molecule has 4 unspecified atom stereocenters. The van der Waals surface area contributed by atoms with Crippen LogP contribution in [-0.4, -0.2) is 25.2 Å². The van der Waals surface area contributed by atoms with Gasteiger partial charge >= 0.3 is 11.9 Å². The first kappa shape index (κ1) is 18.8. The van der Waals surface area contributed by atoms with Crippen LogP contribution in [0, 0.1) is 40.9 Å². The second-order valence-corrected chi connectivity index (χ2v) is 6.93. The molecule has 0 bridgehead atoms. The Morgan fingerprint density at radius 1 is 0.958 bits per heavy atom. The fourth-order valence-corrected chi connectivity index (χ4v) is 4.59. The van der Waals surface area contributed by atoms with Crippen LogP contribution in [0.15, 0.2) is 0 Å². The van der Waals surface area contributed by atoms with Gasteiger partial charge in [-0.05, 0) is 51.4 Å². The smallest absolute Gasteiger partial charge is 0.310 e. The molecule has 4 atom stereocenters. The quantitative estimate of drug-likeness (QED) is 0.666. The molecule has 0 spiro atoms. The molecule has 0 aromatic rings. The Kier molecular flexibility index (Phi) is 7.08. The number of nitriles is 1. The molecule has 0 aliphatic heterocycles. The van der Waals surface area contributed by atoms with Crippen molar-refractivity contribution in [2.45, 2.75) is 58.8 Å². The molecule has 2 aliphatic rings. The summed E-state index contributed by atoms with van der Waals surface area (Å²) in [7, 11) is 0. The molecular weight excluding hydrogens is 306 g/mol. The third-order valence-corrected chi connectivity index (χ3v) is 5.61. The lowest BCUT2D eigenvalue weighted by Crippen LogP contribution is -2.42. The number of esters is 2. The van der Waals surface area contributed by atoms with Gasteiger partial charge in [0, 0.05) is 5.92 Å². The maximum atomic E-state index is 12.8. The topological polar surface area (TPSA) is 76.4 Å². The van der Waals surface area contributed by atoms with Gasteiger partial charge < -0.3 is 9.47 Å². The normalized spacial score (nSPS) is 26.5. The van der Waals surface area contributed by atoms with Gasteiger partial charge in [-0.1, -0.05) is 19.3 Å². The number of ether oxygens (including phenoxy) is 2. The lowest BCUT2D eigenvalue weighted by atomic mass is 9.71. The summed E-state index contributed by atoms with van der Waals surface area (Å²) in [5, 5.41) is 9.47. The monoisotopic (exact) mass is 335 g/mol. The highest BCUT2D eigenvalue weighted by atomic mass is 16.5. The van der Waals surface area contributed by atoms with E-state index in [0.29, 0.717) is 13.2 Å². The maximum absolute atomic E-state index is 12.8. The zero-order chi connectivity index (χ0) is 17.5. The largest absolute Gasteiger partial charge is 0.466 e. The van der Waals surface area contributed by atoms with Crippen molar-refractivity contribution < 1.29 is 19.1 Å². The molecule has 2 rings (SSSR count). The first-order chi connectivity index (χ1) is 11.6. The van der Waals surface area contributed by atoms with E-state index in [1.165, 1.54) is 0 Å². The molecule has 0 aromatic heterocycles. The van der Waals surface area contributed by atoms with Gasteiger partial charge in [-0.25, -0.2) is 0 Å². The summed E-state index contributed by atoms with van der Waals surface area (Å²) in [5.74, 6) is -1.72. The summed E-state index contributed by atoms with van der Waals surface area (Å²) in [6, 6.07) is 2.35. The molecule has 0 heterocycles. The Morgan fingerprint density at radius 2 is 1.54 bits per heavy atom. The first-order valence-electron chi connectivity index (χ1n) is 9.36. The number of hydrogen-bond donors (Lipinski definition) is 0. The Balaban J connectivity index is 2.33. The van der Waals surface area contributed by atoms with Crippen LogP contribution in [0.2, 0.25) is 0 Å². The van der Waals surface area contributed by atoms with E-state index >= 15 is 0 Å². The van der Waals surface area contributed by atoms with E-state index in [-0.39, 0.29) is 29.7 Å². The average Bonchev–Trinajstić information content (AvgIpc) is 3.23. The lowest BCUT2D eigenvalue weighted by molar-refractivity contribution is -0.166. The van der Waals surface area contributed by atoms with Gasteiger partial charge in [-0.3, -0.25) is 9.59 Å². The van der Waals surface area contributed by atoms with Crippen molar-refractivity contribution in [3.8, 4) is 6.07 Å². The van der Waals surface area contributed by atoms with Crippen molar-refractivity contribution >= 4 is 11.9 Å². The highest BCUT2D eigenvalue weighted by molar-refractivity contribution is 5.82. The minimum atomic E-state index is -0.542. The molecular formula is C19H29NO4. The van der Waals surface area contributed by atoms with Crippen LogP contribution in [0.3, 0.4) is 0 Å². The molecule has 2 saturated carbocycles. The number of carbonyl (C=O) groups is 2. The minimum Gasteiger partial charge on any atom is -0.466 e. The molecule has 0 aromatic carbocycles. The Hall–Kier alpha value is -1.57. The summed E-state index contributed by atoms with van der Waals surface area (Å²) in [6.45, 7) is 4.17. The van der Waals surface area contributed by atoms with Crippen molar-refractivity contribution in [2.75, 3.05) is 13.2 Å². The zero-order valence-electron chi connectivity index (χ0n) is 14.8. The van der Waals surface area contributed by atoms with Gasteiger partial charge in [-0.15, -0.1) is 0 Å². The van der Waals surface area contributed by atoms with Gasteiger partial charge in [0.05, 0.1) is 31.1 Å². The number of nitrogens with zero attached hydrogens (tertiary/aromatic N) is 1. The predicted octanol–water partition coefficient (Wildman–Crippen LogP) is 3.48. The van der Waals surface area contributed by atoms with E-state index in [1.54, 1.807) is 13.8 Å². The van der Waals surface area contributed by atoms with Gasteiger partial charge in [0.1, 0.15) is 0 Å². The molecule has 0 amide bonds. The van der Waals surface area contributed by atoms with Gasteiger partial charge in [0.2, 0.25) is 0 Å². The summed E-state index contributed by atoms with van der Waals surface area (Å²) in [5.41, 5.74) is 0. The van der Waals surface area contributed by atoms with Crippen molar-refractivity contribution in [2.24, 2.45) is 29.6 Å². The van der Waals surface area contributed by atoms with Crippen LogP contribution < -0.4 is 0 Å². The van der Waals surface area contributed by atoms with Crippen LogP contribution in [0.1, 0.15) is 58.8 Å². The maximum Gasteiger partial charge on any atom is 0.310 e. The molecule has 0 radical (unpaired) electrons. The van der Waals surface area contributed by atoms with Crippen LogP contribution in [0.25, 0.3) is 0 Å². The summed E-state index contributed by atoms with van der Waals surface area (Å²) >= 11 is 0. The predicted molar refractivity (Wildman–Crippen MR) is 88.6 cm³/mol. The molecule has 5 nitrogen and oxygen atoms in total. The fraction of sp³-hybridized carbons (Fsp3) is 0.842. The van der Waals surface area contributed by atoms with Crippen molar-refractivity contribution in [3.05, 3.63) is 0 Å². The highest BCUT2D eigenvalue weighted by Crippen LogP contribution is 2.46. The summed E-state index contributed by atoms with van der Waals surface area (Å²) < 4.78 is 10.6. The lowest BCUT2D eigenvalue weighted by Gasteiger charge is -2.33. The number of rotatable bonds is 7. The Labute approximate surface area is 144 Å². The van der Waals surface area contributed by atoms with Crippen molar-refractivity contribution in [1.82, 2.24) is 0 Å². The first-order valence-corrected chi connectivity index (χ1v) is 9.36. The second-order valence-electron chi connectivity index (χ2n) is 6.93. The van der Waals surface area contributed by atoms with Crippen LogP contribution in [-0.2, 0) is 19.1 Å². The molecule has 134 valence electrons. The molecule has 0 N–H and O–H groups in total. The van der Waals surface area contributed by atoms with Gasteiger partial charge in [-0.2, -0.15) is 5.26 Å². The fourth-order valence-electron chi connectivity index (χ4n) is 4.59. The second kappa shape index (κ2) is 9.05. The minimum absolute atomic E-state index is 0.0935. The molecule has 2 aliphatic carbocycles. The summed E-state index contributed by atoms with van der Waals surface area (Å²) in [4.78, 5) is 25.5. The number of carbonyl (C=O) groups excluding carboxylic acids is 2. The van der Waals surface area contributed by atoms with E-state index in [0.717, 1.165) is 44.9 Å². The van der Waals surface area contributed by atoms with Crippen LogP contribution in [0.4, 0.5) is 0 Å². The number of hydrogen-bond acceptors (Lipinski definition) is 5. The zero-order valence-corrected chi connectivity index (χ0v) is 14.8.